The second kappa shape index (κ2) is 11.1. The molecule has 0 radical (unpaired) electrons. The first kappa shape index (κ1) is 24.3. The number of aliphatic hydroxyl groups excluding tert-OH is 1. The number of rotatable bonds is 8. The van der Waals surface area contributed by atoms with Crippen LogP contribution in [0.2, 0.25) is 5.02 Å². The Bertz CT molecular complexity index is 1310. The molecule has 1 aliphatic rings. The monoisotopic (exact) mass is 505 g/mol. The highest BCUT2D eigenvalue weighted by molar-refractivity contribution is 6.31. The highest BCUT2D eigenvalue weighted by Gasteiger charge is 2.19. The van der Waals surface area contributed by atoms with Gasteiger partial charge in [0.2, 0.25) is 0 Å². The van der Waals surface area contributed by atoms with Crippen LogP contribution in [0.25, 0.3) is 22.4 Å². The molecule has 0 bridgehead atoms. The number of carbonyl (C=O) groups excluding carboxylic acids is 1. The number of aromatic amines is 2. The van der Waals surface area contributed by atoms with E-state index in [1.165, 1.54) is 0 Å². The third-order valence-electron chi connectivity index (χ3n) is 6.41. The Morgan fingerprint density at radius 1 is 1.14 bits per heavy atom. The lowest BCUT2D eigenvalue weighted by atomic mass is 10.0. The number of hydrogen-bond donors (Lipinski definition) is 4. The topological polar surface area (TPSA) is 106 Å². The molecular formula is C27H28ClN5O3. The van der Waals surface area contributed by atoms with Crippen LogP contribution in [0.5, 0.6) is 0 Å². The quantitative estimate of drug-likeness (QED) is 0.289. The number of amides is 1. The Balaban J connectivity index is 1.32. The number of ether oxygens (including phenoxy) is 1. The van der Waals surface area contributed by atoms with Crippen LogP contribution in [0.4, 0.5) is 0 Å². The largest absolute Gasteiger partial charge is 0.394 e. The predicted molar refractivity (Wildman–Crippen MR) is 139 cm³/mol. The molecule has 5 rings (SSSR count). The number of morpholine rings is 1. The Morgan fingerprint density at radius 2 is 1.94 bits per heavy atom. The number of aromatic nitrogens is 3. The van der Waals surface area contributed by atoms with Crippen LogP contribution in [0, 0.1) is 0 Å². The molecule has 1 fully saturated rings. The van der Waals surface area contributed by atoms with Crippen LogP contribution in [0.1, 0.15) is 27.7 Å². The summed E-state index contributed by atoms with van der Waals surface area (Å²) in [4.78, 5) is 18.2. The fourth-order valence-corrected chi connectivity index (χ4v) is 4.63. The number of nitrogens with zero attached hydrogens (tertiary/aromatic N) is 2. The molecule has 36 heavy (non-hydrogen) atoms. The normalized spacial score (nSPS) is 15.1. The average molecular weight is 506 g/mol. The number of nitrogens with one attached hydrogen (secondary N) is 3. The molecule has 1 amide bonds. The van der Waals surface area contributed by atoms with Crippen LogP contribution >= 0.6 is 11.6 Å². The van der Waals surface area contributed by atoms with Crippen molar-refractivity contribution in [3.05, 3.63) is 88.8 Å². The van der Waals surface area contributed by atoms with Crippen molar-refractivity contribution in [3.8, 4) is 22.4 Å². The molecule has 0 spiro atoms. The van der Waals surface area contributed by atoms with Crippen molar-refractivity contribution >= 4 is 17.5 Å². The molecule has 8 nitrogen and oxygen atoms in total. The Morgan fingerprint density at radius 3 is 2.69 bits per heavy atom. The number of benzene rings is 2. The molecule has 0 aliphatic carbocycles. The number of H-pyrrole nitrogens is 2. The van der Waals surface area contributed by atoms with Gasteiger partial charge < -0.3 is 20.1 Å². The maximum absolute atomic E-state index is 12.9. The highest BCUT2D eigenvalue weighted by atomic mass is 35.5. The predicted octanol–water partition coefficient (Wildman–Crippen LogP) is 4.02. The summed E-state index contributed by atoms with van der Waals surface area (Å²) in [6, 6.07) is 16.7. The van der Waals surface area contributed by atoms with Gasteiger partial charge in [-0.1, -0.05) is 54.1 Å². The molecule has 2 aromatic heterocycles. The molecule has 1 atom stereocenters. The fraction of sp³-hybridized carbons (Fsp3) is 0.259. The molecular weight excluding hydrogens is 478 g/mol. The fourth-order valence-electron chi connectivity index (χ4n) is 4.39. The summed E-state index contributed by atoms with van der Waals surface area (Å²) in [5, 5.41) is 20.6. The third kappa shape index (κ3) is 5.37. The second-order valence-corrected chi connectivity index (χ2v) is 9.18. The molecule has 4 N–H and O–H groups in total. The lowest BCUT2D eigenvalue weighted by Crippen LogP contribution is -2.35. The Kier molecular flexibility index (Phi) is 7.48. The van der Waals surface area contributed by atoms with E-state index in [1.54, 1.807) is 18.5 Å². The zero-order valence-corrected chi connectivity index (χ0v) is 20.5. The summed E-state index contributed by atoms with van der Waals surface area (Å²) in [6.45, 7) is 3.88. The standard InChI is InChI=1S/C27H28ClN5O3/c28-23-12-19(6-7-20(23)16-33-8-10-36-11-9-33)22-15-30-32-26(22)21-13-24(29-14-21)27(35)31-25(17-34)18-4-2-1-3-5-18/h1-7,12-15,25,29,34H,8-11,16-17H2,(H,30,32)(H,31,35)/t25-/m1/s1. The van der Waals surface area contributed by atoms with Gasteiger partial charge in [-0.2, -0.15) is 5.10 Å². The molecule has 0 unspecified atom stereocenters. The molecule has 9 heteroatoms. The first-order valence-electron chi connectivity index (χ1n) is 11.9. The van der Waals surface area contributed by atoms with Gasteiger partial charge in [0.15, 0.2) is 0 Å². The zero-order valence-electron chi connectivity index (χ0n) is 19.7. The summed E-state index contributed by atoms with van der Waals surface area (Å²) in [5.74, 6) is -0.305. The van der Waals surface area contributed by atoms with E-state index in [-0.39, 0.29) is 12.5 Å². The van der Waals surface area contributed by atoms with Crippen LogP contribution in [-0.4, -0.2) is 64.0 Å². The number of halogens is 1. The number of aliphatic hydroxyl groups is 1. The van der Waals surface area contributed by atoms with Crippen molar-refractivity contribution in [2.75, 3.05) is 32.9 Å². The van der Waals surface area contributed by atoms with Crippen molar-refractivity contribution < 1.29 is 14.6 Å². The lowest BCUT2D eigenvalue weighted by molar-refractivity contribution is 0.0342. The molecule has 1 saturated heterocycles. The minimum Gasteiger partial charge on any atom is -0.394 e. The van der Waals surface area contributed by atoms with E-state index in [4.69, 9.17) is 16.3 Å². The summed E-state index contributed by atoms with van der Waals surface area (Å²) in [5.41, 5.74) is 5.70. The zero-order chi connectivity index (χ0) is 24.9. The van der Waals surface area contributed by atoms with E-state index in [0.29, 0.717) is 10.7 Å². The minimum atomic E-state index is -0.494. The van der Waals surface area contributed by atoms with Gasteiger partial charge in [0.05, 0.1) is 37.8 Å². The van der Waals surface area contributed by atoms with Gasteiger partial charge in [0, 0.05) is 42.0 Å². The van der Waals surface area contributed by atoms with Gasteiger partial charge in [0.25, 0.3) is 5.91 Å². The SMILES string of the molecule is O=C(N[C@H](CO)c1ccccc1)c1cc(-c2[nH]ncc2-c2ccc(CN3CCOCC3)c(Cl)c2)c[nH]1. The van der Waals surface area contributed by atoms with E-state index < -0.39 is 6.04 Å². The van der Waals surface area contributed by atoms with E-state index >= 15 is 0 Å². The maximum atomic E-state index is 12.9. The van der Waals surface area contributed by atoms with Crippen LogP contribution in [0.3, 0.4) is 0 Å². The molecule has 4 aromatic rings. The maximum Gasteiger partial charge on any atom is 0.268 e. The summed E-state index contributed by atoms with van der Waals surface area (Å²) >= 11 is 6.65. The second-order valence-electron chi connectivity index (χ2n) is 8.77. The van der Waals surface area contributed by atoms with Gasteiger partial charge in [0.1, 0.15) is 5.69 Å². The van der Waals surface area contributed by atoms with E-state index in [9.17, 15) is 9.90 Å². The molecule has 3 heterocycles. The highest BCUT2D eigenvalue weighted by Crippen LogP contribution is 2.33. The van der Waals surface area contributed by atoms with E-state index in [0.717, 1.165) is 66.4 Å². The van der Waals surface area contributed by atoms with E-state index in [1.807, 2.05) is 42.5 Å². The van der Waals surface area contributed by atoms with Crippen molar-refractivity contribution in [1.29, 1.82) is 0 Å². The Labute approximate surface area is 214 Å². The summed E-state index contributed by atoms with van der Waals surface area (Å²) in [7, 11) is 0. The molecule has 0 saturated carbocycles. The van der Waals surface area contributed by atoms with Crippen LogP contribution in [0.15, 0.2) is 67.0 Å². The first-order valence-corrected chi connectivity index (χ1v) is 12.3. The minimum absolute atomic E-state index is 0.198. The van der Waals surface area contributed by atoms with E-state index in [2.05, 4.69) is 31.5 Å². The molecule has 2 aromatic carbocycles. The average Bonchev–Trinajstić information content (AvgIpc) is 3.60. The van der Waals surface area contributed by atoms with Gasteiger partial charge in [-0.05, 0) is 28.8 Å². The van der Waals surface area contributed by atoms with Crippen molar-refractivity contribution in [1.82, 2.24) is 25.4 Å². The van der Waals surface area contributed by atoms with Gasteiger partial charge in [-0.15, -0.1) is 0 Å². The smallest absolute Gasteiger partial charge is 0.268 e. The van der Waals surface area contributed by atoms with Crippen LogP contribution in [-0.2, 0) is 11.3 Å². The van der Waals surface area contributed by atoms with Gasteiger partial charge >= 0.3 is 0 Å². The summed E-state index contributed by atoms with van der Waals surface area (Å²) in [6.07, 6.45) is 3.52. The van der Waals surface area contributed by atoms with Gasteiger partial charge in [-0.3, -0.25) is 14.8 Å². The van der Waals surface area contributed by atoms with Gasteiger partial charge in [-0.25, -0.2) is 0 Å². The van der Waals surface area contributed by atoms with Crippen molar-refractivity contribution in [2.45, 2.75) is 12.6 Å². The molecule has 1 aliphatic heterocycles. The third-order valence-corrected chi connectivity index (χ3v) is 6.76. The summed E-state index contributed by atoms with van der Waals surface area (Å²) < 4.78 is 5.43. The Hall–Kier alpha value is -3.43. The first-order chi connectivity index (χ1) is 17.6. The van der Waals surface area contributed by atoms with Crippen molar-refractivity contribution in [2.24, 2.45) is 0 Å². The van der Waals surface area contributed by atoms with Crippen LogP contribution < -0.4 is 5.32 Å². The van der Waals surface area contributed by atoms with Crippen molar-refractivity contribution in [3.63, 3.8) is 0 Å². The number of hydrogen-bond acceptors (Lipinski definition) is 5. The molecule has 186 valence electrons. The lowest BCUT2D eigenvalue weighted by Gasteiger charge is -2.27. The number of carbonyl (C=O) groups is 1.